The van der Waals surface area contributed by atoms with E-state index in [1.807, 2.05) is 146 Å². The Hall–Kier alpha value is -10.1. The predicted octanol–water partition coefficient (Wildman–Crippen LogP) is 7.12. The van der Waals surface area contributed by atoms with Crippen LogP contribution >= 0.6 is 0 Å². The molecule has 0 aliphatic heterocycles. The molecule has 95 heavy (non-hydrogen) atoms. The fourth-order valence-electron chi connectivity index (χ4n) is 6.16. The normalized spacial score (nSPS) is 8.59. The van der Waals surface area contributed by atoms with Crippen molar-refractivity contribution in [2.45, 2.75) is 47.0 Å². The third kappa shape index (κ3) is 61.2. The van der Waals surface area contributed by atoms with Gasteiger partial charge in [-0.2, -0.15) is 15.8 Å². The number of nitrogens with one attached hydrogen (secondary N) is 4. The summed E-state index contributed by atoms with van der Waals surface area (Å²) in [6.45, 7) is 10.5. The fraction of sp³-hybridized carbons (Fsp3) is 0.204. The van der Waals surface area contributed by atoms with Gasteiger partial charge in [0, 0.05) is 97.9 Å². The van der Waals surface area contributed by atoms with Crippen LogP contribution in [-0.4, -0.2) is 96.6 Å². The van der Waals surface area contributed by atoms with Crippen molar-refractivity contribution in [3.63, 3.8) is 0 Å². The van der Waals surface area contributed by atoms with Crippen molar-refractivity contribution >= 4 is 0 Å². The predicted molar refractivity (Wildman–Crippen MR) is 333 cm³/mol. The van der Waals surface area contributed by atoms with Crippen molar-refractivity contribution < 1.29 is 129 Å². The van der Waals surface area contributed by atoms with E-state index in [1.54, 1.807) is 43.0 Å². The second-order valence-electron chi connectivity index (χ2n) is 15.6. The first-order valence-electron chi connectivity index (χ1n) is 25.5. The average molecular weight is 1590 g/mol. The second-order valence-corrected chi connectivity index (χ2v) is 15.6. The number of rotatable bonds is 18. The van der Waals surface area contributed by atoms with Crippen molar-refractivity contribution in [1.29, 1.82) is 15.8 Å². The molecule has 8 rings (SSSR count). The molecule has 0 amide bonds. The number of hydrogen-bond donors (Lipinski definition) is 4. The Bertz CT molecular complexity index is 2990. The van der Waals surface area contributed by atoms with E-state index in [9.17, 15) is 0 Å². The van der Waals surface area contributed by atoms with Crippen molar-refractivity contribution in [2.75, 3.05) is 26.2 Å². The molecular weight excluding hydrogens is 1530 g/mol. The minimum atomic E-state index is -1.75. The zero-order valence-electron chi connectivity index (χ0n) is 50.0. The number of aromatic nitrogens is 8. The Morgan fingerprint density at radius 2 is 0.442 bits per heavy atom. The van der Waals surface area contributed by atoms with Crippen molar-refractivity contribution in [2.24, 2.45) is 0 Å². The van der Waals surface area contributed by atoms with E-state index >= 15 is 0 Å². The molecule has 0 bridgehead atoms. The van der Waals surface area contributed by atoms with Gasteiger partial charge in [-0.1, -0.05) is 48.5 Å². The fourth-order valence-corrected chi connectivity index (χ4v) is 6.16. The van der Waals surface area contributed by atoms with Crippen LogP contribution in [0.2, 0.25) is 0 Å². The molecule has 0 unspecified atom stereocenters. The monoisotopic (exact) mass is 1590 g/mol. The van der Waals surface area contributed by atoms with E-state index < -0.39 is 30.5 Å². The zero-order chi connectivity index (χ0) is 70.5. The summed E-state index contributed by atoms with van der Waals surface area (Å²) in [6, 6.07) is 52.8. The second kappa shape index (κ2) is 64.0. The van der Waals surface area contributed by atoms with Crippen LogP contribution in [0.5, 0.6) is 0 Å². The van der Waals surface area contributed by atoms with Gasteiger partial charge in [0.25, 0.3) is 0 Å². The van der Waals surface area contributed by atoms with Gasteiger partial charge in [0.15, 0.2) is 0 Å². The smallest absolute Gasteiger partial charge is 0.356 e. The molecule has 4 N–H and O–H groups in total. The molecule has 0 saturated heterocycles. The summed E-state index contributed by atoms with van der Waals surface area (Å²) in [5, 5.41) is 124. The third-order valence-electron chi connectivity index (χ3n) is 9.12. The van der Waals surface area contributed by atoms with Crippen molar-refractivity contribution in [3.05, 3.63) is 285 Å². The maximum absolute atomic E-state index is 8.25. The van der Waals surface area contributed by atoms with Crippen LogP contribution in [0, 0.1) is 225 Å². The maximum atomic E-state index is 8.25. The van der Waals surface area contributed by atoms with Crippen LogP contribution in [0.3, 0.4) is 0 Å². The molecule has 0 saturated carbocycles. The van der Waals surface area contributed by atoms with Crippen LogP contribution in [-0.2, 0) is 26.2 Å². The summed E-state index contributed by atoms with van der Waals surface area (Å²) < 4.78 is 0. The van der Waals surface area contributed by atoms with Crippen LogP contribution < -0.4 is 21.3 Å². The van der Waals surface area contributed by atoms with Gasteiger partial charge in [0.2, 0.25) is 0 Å². The zero-order valence-corrected chi connectivity index (χ0v) is 54.9. The average Bonchev–Trinajstić information content (AvgIpc) is 0.963. The van der Waals surface area contributed by atoms with Gasteiger partial charge in [-0.3, -0.25) is 19.9 Å². The SMILES string of the molecule is CC#N.CC#N.CC#N.O=[N+]([O-])[O-].O=[N+]([O-])[O-].O=[N+]([O-])[O-].O=[N+]([O-])[O-].O=[N+]([O-])[O-].O=[N+]([O-])[O-].[Eu+3].[Eu+3].c1ccc(-c2cccc(CNCCNCc3cccc(-c4ccccn4)n3)n2)nc1.c1ccc(-c2cccc(CNCCNCc3cccc(-c4ccccn4)n3)n2)nc1. The molecule has 8 aromatic heterocycles. The summed E-state index contributed by atoms with van der Waals surface area (Å²) in [5.41, 5.74) is 11.2. The number of nitrogens with zero attached hydrogens (tertiary/aromatic N) is 17. The molecule has 0 spiro atoms. The van der Waals surface area contributed by atoms with E-state index in [-0.39, 0.29) is 98.8 Å². The van der Waals surface area contributed by atoms with Crippen LogP contribution in [0.4, 0.5) is 0 Å². The Labute approximate surface area is 622 Å². The number of nitriles is 3. The van der Waals surface area contributed by atoms with Crippen molar-refractivity contribution in [3.8, 4) is 63.8 Å². The first-order valence-corrected chi connectivity index (χ1v) is 25.5. The number of pyridine rings is 8. The molecule has 500 valence electrons. The Balaban J connectivity index is -0.000000384. The summed E-state index contributed by atoms with van der Waals surface area (Å²) >= 11 is 0. The first kappa shape index (κ1) is 93.6. The maximum Gasteiger partial charge on any atom is 3.00 e. The van der Waals surface area contributed by atoms with Gasteiger partial charge in [0.05, 0.1) is 117 Å². The summed E-state index contributed by atoms with van der Waals surface area (Å²) in [6.07, 6.45) is 7.14. The largest absolute Gasteiger partial charge is 3.00 e. The van der Waals surface area contributed by atoms with Gasteiger partial charge in [0.1, 0.15) is 0 Å². The molecule has 8 aromatic rings. The molecule has 39 nitrogen and oxygen atoms in total. The van der Waals surface area contributed by atoms with Gasteiger partial charge < -0.3 is 113 Å². The Kier molecular flexibility index (Phi) is 63.1. The molecular formula is C54H57Eu2N21O18. The van der Waals surface area contributed by atoms with E-state index in [4.69, 9.17) is 108 Å². The summed E-state index contributed by atoms with van der Waals surface area (Å²) in [7, 11) is 0. The van der Waals surface area contributed by atoms with Gasteiger partial charge in [-0.05, 0) is 97.1 Å². The first-order chi connectivity index (χ1) is 44.4. The van der Waals surface area contributed by atoms with Crippen LogP contribution in [0.1, 0.15) is 43.5 Å². The molecule has 0 atom stereocenters. The number of hydrogen-bond acceptors (Lipinski definition) is 33. The molecule has 8 heterocycles. The van der Waals surface area contributed by atoms with Gasteiger partial charge >= 0.3 is 98.8 Å². The standard InChI is InChI=1S/2C24H24N6.3C2H3N.2Eu.6NO3/c2*1-3-13-27-21(9-1)23-11-5-7-19(29-23)17-25-15-16-26-18-20-8-6-12-24(30-20)22-10-2-4-14-28-22;3*1-2-3;;;6*2-1(3)4/h2*1-14,25-26H,15-18H2;3*1H3;;;;;;;;/q;;;;;2*+3;6*-1. The molecule has 0 aliphatic carbocycles. The summed E-state index contributed by atoms with van der Waals surface area (Å²) in [5.74, 6) is 0. The van der Waals surface area contributed by atoms with E-state index in [2.05, 4.69) is 61.1 Å². The van der Waals surface area contributed by atoms with E-state index in [1.165, 1.54) is 20.8 Å². The minimum Gasteiger partial charge on any atom is -0.356 e. The van der Waals surface area contributed by atoms with Gasteiger partial charge in [-0.25, -0.2) is 19.9 Å². The van der Waals surface area contributed by atoms with Crippen LogP contribution in [0.15, 0.2) is 170 Å². The van der Waals surface area contributed by atoms with Gasteiger partial charge in [-0.15, -0.1) is 0 Å². The molecule has 0 aliphatic rings. The van der Waals surface area contributed by atoms with E-state index in [0.29, 0.717) is 0 Å². The van der Waals surface area contributed by atoms with Crippen LogP contribution in [0.25, 0.3) is 45.6 Å². The molecule has 0 radical (unpaired) electrons. The summed E-state index contributed by atoms with van der Waals surface area (Å²) in [4.78, 5) is 85.7. The third-order valence-corrected chi connectivity index (χ3v) is 9.12. The minimum absolute atomic E-state index is 0. The quantitative estimate of drug-likeness (QED) is 0.0377. The Morgan fingerprint density at radius 3 is 0.579 bits per heavy atom. The Morgan fingerprint density at radius 1 is 0.295 bits per heavy atom. The van der Waals surface area contributed by atoms with Crippen molar-refractivity contribution in [1.82, 2.24) is 61.1 Å². The molecule has 0 aromatic carbocycles. The topological polar surface area (TPSA) is 620 Å². The molecule has 0 fully saturated rings. The molecule has 41 heteroatoms. The van der Waals surface area contributed by atoms with E-state index in [0.717, 1.165) is 121 Å².